The highest BCUT2D eigenvalue weighted by Crippen LogP contribution is 2.42. The number of anilines is 5. The Balaban J connectivity index is 1.14. The Morgan fingerprint density at radius 3 is 1.87 bits per heavy atom. The van der Waals surface area contributed by atoms with Crippen molar-refractivity contribution >= 4 is 50.9 Å². The van der Waals surface area contributed by atoms with Gasteiger partial charge in [-0.25, -0.2) is 0 Å². The minimum Gasteiger partial charge on any atom is -0.314 e. The van der Waals surface area contributed by atoms with Crippen molar-refractivity contribution in [1.82, 2.24) is 0 Å². The van der Waals surface area contributed by atoms with Crippen molar-refractivity contribution in [2.75, 3.05) is 9.80 Å². The molecule has 0 unspecified atom stereocenters. The second-order valence-corrected chi connectivity index (χ2v) is 12.0. The fourth-order valence-electron chi connectivity index (χ4n) is 6.97. The van der Waals surface area contributed by atoms with Gasteiger partial charge in [-0.2, -0.15) is 0 Å². The lowest BCUT2D eigenvalue weighted by Crippen LogP contribution is -2.19. The zero-order valence-electron chi connectivity index (χ0n) is 25.9. The molecule has 222 valence electrons. The van der Waals surface area contributed by atoms with Crippen molar-refractivity contribution in [2.45, 2.75) is 25.7 Å². The monoisotopic (exact) mass is 592 g/mol. The maximum absolute atomic E-state index is 2.47. The summed E-state index contributed by atoms with van der Waals surface area (Å²) in [6.45, 7) is 0. The summed E-state index contributed by atoms with van der Waals surface area (Å²) < 4.78 is 0. The number of hydrogen-bond acceptors (Lipinski definition) is 2. The van der Waals surface area contributed by atoms with Gasteiger partial charge in [-0.05, 0) is 102 Å². The summed E-state index contributed by atoms with van der Waals surface area (Å²) >= 11 is 0. The van der Waals surface area contributed by atoms with Crippen LogP contribution in [0.4, 0.5) is 28.4 Å². The molecule has 0 heterocycles. The van der Waals surface area contributed by atoms with E-state index in [2.05, 4.69) is 180 Å². The van der Waals surface area contributed by atoms with E-state index in [1.165, 1.54) is 55.8 Å². The molecule has 0 aliphatic heterocycles. The Morgan fingerprint density at radius 1 is 0.457 bits per heavy atom. The van der Waals surface area contributed by atoms with Crippen LogP contribution in [0.1, 0.15) is 36.0 Å². The van der Waals surface area contributed by atoms with Crippen LogP contribution in [0.2, 0.25) is 0 Å². The summed E-state index contributed by atoms with van der Waals surface area (Å²) in [6.07, 6.45) is 13.5. The first-order chi connectivity index (χ1) is 22.8. The third-order valence-electron chi connectivity index (χ3n) is 9.23. The summed E-state index contributed by atoms with van der Waals surface area (Å²) in [7, 11) is 0. The summed E-state index contributed by atoms with van der Waals surface area (Å²) in [5.74, 6) is 0. The molecule has 2 heteroatoms. The number of allylic oxidation sites excluding steroid dienone is 5. The Bertz CT molecular complexity index is 2080. The summed E-state index contributed by atoms with van der Waals surface area (Å²) in [5, 5.41) is 2.48. The number of para-hydroxylation sites is 2. The number of hydrogen-bond donors (Lipinski definition) is 0. The molecule has 0 saturated heterocycles. The maximum Gasteiger partial charge on any atom is 0.0540 e. The zero-order chi connectivity index (χ0) is 30.7. The minimum atomic E-state index is 0.974. The zero-order valence-corrected chi connectivity index (χ0v) is 25.9. The van der Waals surface area contributed by atoms with Gasteiger partial charge >= 0.3 is 0 Å². The van der Waals surface area contributed by atoms with Gasteiger partial charge in [0.15, 0.2) is 0 Å². The number of fused-ring (bicyclic) bond motifs is 2. The molecule has 46 heavy (non-hydrogen) atoms. The second-order valence-electron chi connectivity index (χ2n) is 12.0. The molecular weight excluding hydrogens is 556 g/mol. The van der Waals surface area contributed by atoms with Gasteiger partial charge in [-0.3, -0.25) is 0 Å². The predicted octanol–water partition coefficient (Wildman–Crippen LogP) is 12.2. The van der Waals surface area contributed by atoms with Gasteiger partial charge in [0.05, 0.1) is 11.4 Å². The Kier molecular flexibility index (Phi) is 7.54. The lowest BCUT2D eigenvalue weighted by Gasteiger charge is -2.32. The second kappa shape index (κ2) is 12.4. The van der Waals surface area contributed by atoms with E-state index >= 15 is 0 Å². The van der Waals surface area contributed by atoms with Crippen LogP contribution in [0.3, 0.4) is 0 Å². The molecule has 0 atom stereocenters. The van der Waals surface area contributed by atoms with E-state index in [1.54, 1.807) is 0 Å². The van der Waals surface area contributed by atoms with E-state index in [0.29, 0.717) is 0 Å². The fourth-order valence-corrected chi connectivity index (χ4v) is 6.97. The molecule has 2 aliphatic carbocycles. The standard InChI is InChI=1S/C44H36N2/c1-3-17-37(18-4-1)45(43-23-11-15-35-13-7-9-21-41(35)43)39-29-25-33(26-30-39)34-27-31-40(32-28-34)46(38-19-5-2-6-20-38)44-24-12-16-36-14-8-10-22-42(36)44/h1-7,9-13,15-27,29-31H,8,14,28,32H2. The number of benzene rings is 6. The molecular formula is C44H36N2. The van der Waals surface area contributed by atoms with Crippen molar-refractivity contribution in [3.63, 3.8) is 0 Å². The van der Waals surface area contributed by atoms with Gasteiger partial charge in [-0.15, -0.1) is 0 Å². The summed E-state index contributed by atoms with van der Waals surface area (Å²) in [6, 6.07) is 52.5. The first-order valence-corrected chi connectivity index (χ1v) is 16.3. The van der Waals surface area contributed by atoms with Crippen molar-refractivity contribution in [3.05, 3.63) is 186 Å². The average Bonchev–Trinajstić information content (AvgIpc) is 3.14. The summed E-state index contributed by atoms with van der Waals surface area (Å²) in [4.78, 5) is 4.83. The molecule has 6 aromatic rings. The van der Waals surface area contributed by atoms with E-state index < -0.39 is 0 Å². The Morgan fingerprint density at radius 2 is 1.11 bits per heavy atom. The highest BCUT2D eigenvalue weighted by Gasteiger charge is 2.22. The van der Waals surface area contributed by atoms with Crippen LogP contribution >= 0.6 is 0 Å². The van der Waals surface area contributed by atoms with Crippen LogP contribution in [-0.2, 0) is 6.42 Å². The maximum atomic E-state index is 2.47. The highest BCUT2D eigenvalue weighted by atomic mass is 15.2. The molecule has 0 spiro atoms. The minimum absolute atomic E-state index is 0.974. The first-order valence-electron chi connectivity index (χ1n) is 16.3. The van der Waals surface area contributed by atoms with Crippen LogP contribution in [0, 0.1) is 0 Å². The number of nitrogens with zero attached hydrogens (tertiary/aromatic N) is 2. The van der Waals surface area contributed by atoms with Gasteiger partial charge in [0.2, 0.25) is 0 Å². The Hall–Kier alpha value is -5.60. The van der Waals surface area contributed by atoms with Crippen LogP contribution in [0.25, 0.3) is 22.4 Å². The molecule has 0 radical (unpaired) electrons. The Labute approximate surface area is 271 Å². The van der Waals surface area contributed by atoms with Crippen molar-refractivity contribution in [1.29, 1.82) is 0 Å². The van der Waals surface area contributed by atoms with Crippen molar-refractivity contribution in [2.24, 2.45) is 0 Å². The molecule has 8 rings (SSSR count). The van der Waals surface area contributed by atoms with E-state index in [1.807, 2.05) is 0 Å². The van der Waals surface area contributed by atoms with Gasteiger partial charge in [0.25, 0.3) is 0 Å². The molecule has 0 bridgehead atoms. The van der Waals surface area contributed by atoms with E-state index in [0.717, 1.165) is 37.1 Å². The smallest absolute Gasteiger partial charge is 0.0540 e. The molecule has 2 nitrogen and oxygen atoms in total. The predicted molar refractivity (Wildman–Crippen MR) is 196 cm³/mol. The lowest BCUT2D eigenvalue weighted by molar-refractivity contribution is 0.923. The average molecular weight is 593 g/mol. The normalized spacial score (nSPS) is 13.9. The molecule has 0 fully saturated rings. The largest absolute Gasteiger partial charge is 0.314 e. The van der Waals surface area contributed by atoms with Crippen molar-refractivity contribution in [3.8, 4) is 0 Å². The molecule has 0 amide bonds. The van der Waals surface area contributed by atoms with Crippen LogP contribution in [0.15, 0.2) is 170 Å². The molecule has 6 aromatic carbocycles. The highest BCUT2D eigenvalue weighted by molar-refractivity contribution is 5.99. The molecule has 0 N–H and O–H groups in total. The topological polar surface area (TPSA) is 6.48 Å². The summed E-state index contributed by atoms with van der Waals surface area (Å²) in [5.41, 5.74) is 12.7. The van der Waals surface area contributed by atoms with E-state index in [4.69, 9.17) is 0 Å². The van der Waals surface area contributed by atoms with E-state index in [-0.39, 0.29) is 0 Å². The van der Waals surface area contributed by atoms with E-state index in [9.17, 15) is 0 Å². The first kappa shape index (κ1) is 27.9. The lowest BCUT2D eigenvalue weighted by atomic mass is 9.92. The van der Waals surface area contributed by atoms with Crippen LogP contribution < -0.4 is 9.80 Å². The molecule has 2 aliphatic rings. The fraction of sp³-hybridized carbons (Fsp3) is 0.0909. The SMILES string of the molecule is C1=Cc2c(cccc2N(C2=CC=C(c3ccc(N(c4ccccc4)c4cccc5ccccc45)cc3)CC2)c2ccccc2)CC1. The third-order valence-corrected chi connectivity index (χ3v) is 9.23. The number of aryl methyl sites for hydroxylation is 1. The quantitative estimate of drug-likeness (QED) is 0.182. The molecule has 0 saturated carbocycles. The van der Waals surface area contributed by atoms with Gasteiger partial charge in [0, 0.05) is 33.7 Å². The van der Waals surface area contributed by atoms with Crippen LogP contribution in [0.5, 0.6) is 0 Å². The van der Waals surface area contributed by atoms with Crippen LogP contribution in [-0.4, -0.2) is 0 Å². The van der Waals surface area contributed by atoms with Crippen molar-refractivity contribution < 1.29 is 0 Å². The van der Waals surface area contributed by atoms with Gasteiger partial charge < -0.3 is 9.80 Å². The van der Waals surface area contributed by atoms with Gasteiger partial charge in [-0.1, -0.05) is 115 Å². The number of rotatable bonds is 7. The van der Waals surface area contributed by atoms with Gasteiger partial charge in [0.1, 0.15) is 0 Å². The molecule has 0 aromatic heterocycles. The third kappa shape index (κ3) is 5.33.